The Bertz CT molecular complexity index is 597. The molecule has 0 bridgehead atoms. The molecule has 1 N–H and O–H groups in total. The summed E-state index contributed by atoms with van der Waals surface area (Å²) in [6.07, 6.45) is 1.05. The van der Waals surface area contributed by atoms with Gasteiger partial charge in [-0.2, -0.15) is 5.26 Å². The van der Waals surface area contributed by atoms with Crippen molar-refractivity contribution in [1.82, 2.24) is 0 Å². The first-order valence-electron chi connectivity index (χ1n) is 6.24. The Labute approximate surface area is 118 Å². The van der Waals surface area contributed by atoms with E-state index in [1.165, 1.54) is 11.1 Å². The number of hydrogen-bond acceptors (Lipinski definition) is 2. The van der Waals surface area contributed by atoms with Gasteiger partial charge >= 0.3 is 0 Å². The maximum absolute atomic E-state index is 8.78. The SMILES string of the molecule is CCc1ccc(CNc2ccc(C#N)cc2Cl)cc1. The van der Waals surface area contributed by atoms with Gasteiger partial charge in [0.15, 0.2) is 0 Å². The van der Waals surface area contributed by atoms with Crippen LogP contribution in [0.2, 0.25) is 5.02 Å². The second-order valence-corrected chi connectivity index (χ2v) is 4.74. The van der Waals surface area contributed by atoms with Crippen LogP contribution in [0.3, 0.4) is 0 Å². The number of nitrogens with one attached hydrogen (secondary N) is 1. The molecule has 96 valence electrons. The lowest BCUT2D eigenvalue weighted by atomic mass is 10.1. The molecule has 0 aliphatic carbocycles. The Morgan fingerprint density at radius 3 is 2.37 bits per heavy atom. The zero-order chi connectivity index (χ0) is 13.7. The van der Waals surface area contributed by atoms with Gasteiger partial charge in [0.1, 0.15) is 0 Å². The van der Waals surface area contributed by atoms with Crippen molar-refractivity contribution in [1.29, 1.82) is 5.26 Å². The number of hydrogen-bond donors (Lipinski definition) is 1. The summed E-state index contributed by atoms with van der Waals surface area (Å²) >= 11 is 6.11. The van der Waals surface area contributed by atoms with Crippen LogP contribution in [0.15, 0.2) is 42.5 Å². The molecular weight excluding hydrogens is 256 g/mol. The zero-order valence-electron chi connectivity index (χ0n) is 10.8. The van der Waals surface area contributed by atoms with Crippen LogP contribution in [0.5, 0.6) is 0 Å². The Morgan fingerprint density at radius 1 is 1.11 bits per heavy atom. The van der Waals surface area contributed by atoms with Crippen LogP contribution in [0.1, 0.15) is 23.6 Å². The molecular formula is C16H15ClN2. The standard InChI is InChI=1S/C16H15ClN2/c1-2-12-3-5-13(6-4-12)11-19-16-8-7-14(10-18)9-15(16)17/h3-9,19H,2,11H2,1H3. The first-order valence-corrected chi connectivity index (χ1v) is 6.62. The Morgan fingerprint density at radius 2 is 1.79 bits per heavy atom. The predicted octanol–water partition coefficient (Wildman–Crippen LogP) is 4.39. The van der Waals surface area contributed by atoms with E-state index in [0.717, 1.165) is 18.7 Å². The number of halogens is 1. The van der Waals surface area contributed by atoms with E-state index in [2.05, 4.69) is 42.6 Å². The summed E-state index contributed by atoms with van der Waals surface area (Å²) in [5.74, 6) is 0. The Hall–Kier alpha value is -1.98. The predicted molar refractivity (Wildman–Crippen MR) is 79.3 cm³/mol. The minimum absolute atomic E-state index is 0.572. The zero-order valence-corrected chi connectivity index (χ0v) is 11.5. The fourth-order valence-corrected chi connectivity index (χ4v) is 2.07. The number of rotatable bonds is 4. The highest BCUT2D eigenvalue weighted by atomic mass is 35.5. The molecule has 3 heteroatoms. The highest BCUT2D eigenvalue weighted by Crippen LogP contribution is 2.23. The first kappa shape index (κ1) is 13.5. The lowest BCUT2D eigenvalue weighted by molar-refractivity contribution is 1.11. The van der Waals surface area contributed by atoms with Crippen molar-refractivity contribution in [2.45, 2.75) is 19.9 Å². The highest BCUT2D eigenvalue weighted by molar-refractivity contribution is 6.33. The van der Waals surface area contributed by atoms with E-state index < -0.39 is 0 Å². The number of benzene rings is 2. The minimum Gasteiger partial charge on any atom is -0.380 e. The van der Waals surface area contributed by atoms with Gasteiger partial charge in [-0.05, 0) is 35.7 Å². The van der Waals surface area contributed by atoms with Crippen LogP contribution < -0.4 is 5.32 Å². The van der Waals surface area contributed by atoms with Crippen LogP contribution >= 0.6 is 11.6 Å². The van der Waals surface area contributed by atoms with E-state index in [4.69, 9.17) is 16.9 Å². The van der Waals surface area contributed by atoms with Gasteiger partial charge in [0.25, 0.3) is 0 Å². The van der Waals surface area contributed by atoms with Gasteiger partial charge in [-0.3, -0.25) is 0 Å². The van der Waals surface area contributed by atoms with E-state index in [1.807, 2.05) is 6.07 Å². The monoisotopic (exact) mass is 270 g/mol. The second kappa shape index (κ2) is 6.26. The fraction of sp³-hybridized carbons (Fsp3) is 0.188. The van der Waals surface area contributed by atoms with E-state index in [1.54, 1.807) is 12.1 Å². The molecule has 2 nitrogen and oxygen atoms in total. The number of aryl methyl sites for hydroxylation is 1. The first-order chi connectivity index (χ1) is 9.22. The van der Waals surface area contributed by atoms with Gasteiger partial charge in [0.05, 0.1) is 22.3 Å². The molecule has 0 amide bonds. The molecule has 0 spiro atoms. The topological polar surface area (TPSA) is 35.8 Å². The van der Waals surface area contributed by atoms with Crippen molar-refractivity contribution in [2.75, 3.05) is 5.32 Å². The third-order valence-corrected chi connectivity index (χ3v) is 3.33. The summed E-state index contributed by atoms with van der Waals surface area (Å²) < 4.78 is 0. The molecule has 0 saturated heterocycles. The fourth-order valence-electron chi connectivity index (χ4n) is 1.82. The smallest absolute Gasteiger partial charge is 0.0992 e. The van der Waals surface area contributed by atoms with Gasteiger partial charge < -0.3 is 5.32 Å². The molecule has 0 aliphatic heterocycles. The van der Waals surface area contributed by atoms with Gasteiger partial charge in [-0.1, -0.05) is 42.8 Å². The van der Waals surface area contributed by atoms with Crippen molar-refractivity contribution in [3.8, 4) is 6.07 Å². The molecule has 2 rings (SSSR count). The number of nitriles is 1. The molecule has 0 atom stereocenters. The maximum Gasteiger partial charge on any atom is 0.0992 e. The third kappa shape index (κ3) is 3.49. The Kier molecular flexibility index (Phi) is 4.43. The van der Waals surface area contributed by atoms with E-state index >= 15 is 0 Å². The van der Waals surface area contributed by atoms with Crippen molar-refractivity contribution in [3.05, 3.63) is 64.2 Å². The van der Waals surface area contributed by atoms with E-state index in [9.17, 15) is 0 Å². The molecule has 0 fully saturated rings. The van der Waals surface area contributed by atoms with Gasteiger partial charge in [-0.15, -0.1) is 0 Å². The third-order valence-electron chi connectivity index (χ3n) is 3.01. The lowest BCUT2D eigenvalue weighted by Crippen LogP contribution is -2.00. The van der Waals surface area contributed by atoms with Crippen LogP contribution in [0.25, 0.3) is 0 Å². The summed E-state index contributed by atoms with van der Waals surface area (Å²) in [6, 6.07) is 15.8. The molecule has 0 aromatic heterocycles. The van der Waals surface area contributed by atoms with Gasteiger partial charge in [-0.25, -0.2) is 0 Å². The number of nitrogens with zero attached hydrogens (tertiary/aromatic N) is 1. The van der Waals surface area contributed by atoms with Crippen molar-refractivity contribution >= 4 is 17.3 Å². The summed E-state index contributed by atoms with van der Waals surface area (Å²) in [4.78, 5) is 0. The van der Waals surface area contributed by atoms with E-state index in [-0.39, 0.29) is 0 Å². The maximum atomic E-state index is 8.78. The molecule has 2 aromatic rings. The van der Waals surface area contributed by atoms with Crippen molar-refractivity contribution < 1.29 is 0 Å². The van der Waals surface area contributed by atoms with Crippen LogP contribution in [-0.2, 0) is 13.0 Å². The molecule has 19 heavy (non-hydrogen) atoms. The van der Waals surface area contributed by atoms with Crippen LogP contribution in [0.4, 0.5) is 5.69 Å². The van der Waals surface area contributed by atoms with Crippen molar-refractivity contribution in [2.24, 2.45) is 0 Å². The van der Waals surface area contributed by atoms with Crippen molar-refractivity contribution in [3.63, 3.8) is 0 Å². The average Bonchev–Trinajstić information content (AvgIpc) is 2.46. The molecule has 0 heterocycles. The van der Waals surface area contributed by atoms with Gasteiger partial charge in [0, 0.05) is 6.54 Å². The summed E-state index contributed by atoms with van der Waals surface area (Å²) in [5, 5.41) is 12.6. The minimum atomic E-state index is 0.572. The normalized spacial score (nSPS) is 9.95. The molecule has 0 radical (unpaired) electrons. The molecule has 2 aromatic carbocycles. The van der Waals surface area contributed by atoms with Crippen LogP contribution in [0, 0.1) is 11.3 Å². The van der Waals surface area contributed by atoms with Crippen LogP contribution in [-0.4, -0.2) is 0 Å². The summed E-state index contributed by atoms with van der Waals surface area (Å²) in [6.45, 7) is 2.86. The van der Waals surface area contributed by atoms with Gasteiger partial charge in [0.2, 0.25) is 0 Å². The largest absolute Gasteiger partial charge is 0.380 e. The highest BCUT2D eigenvalue weighted by Gasteiger charge is 2.01. The Balaban J connectivity index is 2.04. The number of anilines is 1. The van der Waals surface area contributed by atoms with E-state index in [0.29, 0.717) is 10.6 Å². The average molecular weight is 271 g/mol. The summed E-state index contributed by atoms with van der Waals surface area (Å²) in [5.41, 5.74) is 3.96. The lowest BCUT2D eigenvalue weighted by Gasteiger charge is -2.09. The summed E-state index contributed by atoms with van der Waals surface area (Å²) in [7, 11) is 0. The second-order valence-electron chi connectivity index (χ2n) is 4.33. The quantitative estimate of drug-likeness (QED) is 0.895. The molecule has 0 unspecified atom stereocenters. The molecule has 0 aliphatic rings. The molecule has 0 saturated carbocycles.